The number of carbonyl (C=O) groups excluding carboxylic acids is 2. The first kappa shape index (κ1) is 25.7. The lowest BCUT2D eigenvalue weighted by molar-refractivity contribution is -0.131. The van der Waals surface area contributed by atoms with Crippen LogP contribution >= 0.6 is 23.8 Å². The van der Waals surface area contributed by atoms with Crippen molar-refractivity contribution in [3.05, 3.63) is 95.0 Å². The van der Waals surface area contributed by atoms with Crippen molar-refractivity contribution < 1.29 is 14.3 Å². The van der Waals surface area contributed by atoms with E-state index in [1.165, 1.54) is 0 Å². The van der Waals surface area contributed by atoms with Crippen LogP contribution < -0.4 is 10.1 Å². The van der Waals surface area contributed by atoms with E-state index in [-0.39, 0.29) is 18.2 Å². The minimum Gasteiger partial charge on any atom is -0.494 e. The molecule has 186 valence electrons. The summed E-state index contributed by atoms with van der Waals surface area (Å²) in [6.07, 6.45) is 0.666. The zero-order valence-electron chi connectivity index (χ0n) is 20.0. The Labute approximate surface area is 221 Å². The van der Waals surface area contributed by atoms with Crippen molar-refractivity contribution in [2.45, 2.75) is 32.4 Å². The van der Waals surface area contributed by atoms with Crippen LogP contribution in [0, 0.1) is 0 Å². The molecule has 0 spiro atoms. The zero-order valence-corrected chi connectivity index (χ0v) is 21.6. The summed E-state index contributed by atoms with van der Waals surface area (Å²) in [5.41, 5.74) is 2.70. The van der Waals surface area contributed by atoms with Crippen LogP contribution in [0.5, 0.6) is 5.75 Å². The van der Waals surface area contributed by atoms with Crippen LogP contribution in [0.25, 0.3) is 0 Å². The van der Waals surface area contributed by atoms with Gasteiger partial charge in [-0.3, -0.25) is 14.5 Å². The lowest BCUT2D eigenvalue weighted by Gasteiger charge is -2.24. The Bertz CT molecular complexity index is 1200. The third-order valence-electron chi connectivity index (χ3n) is 5.97. The van der Waals surface area contributed by atoms with Gasteiger partial charge in [-0.2, -0.15) is 0 Å². The molecule has 0 bridgehead atoms. The maximum Gasteiger partial charge on any atom is 0.252 e. The van der Waals surface area contributed by atoms with Gasteiger partial charge >= 0.3 is 0 Å². The predicted octanol–water partition coefficient (Wildman–Crippen LogP) is 5.31. The molecule has 0 saturated carbocycles. The molecule has 6 nitrogen and oxygen atoms in total. The number of nitrogens with one attached hydrogen (secondary N) is 1. The molecular formula is C28H28ClN3O3S. The van der Waals surface area contributed by atoms with Gasteiger partial charge in [0.05, 0.1) is 19.6 Å². The number of halogens is 1. The third kappa shape index (κ3) is 6.42. The van der Waals surface area contributed by atoms with Crippen molar-refractivity contribution in [1.82, 2.24) is 9.80 Å². The van der Waals surface area contributed by atoms with E-state index in [1.807, 2.05) is 66.4 Å². The summed E-state index contributed by atoms with van der Waals surface area (Å²) < 4.78 is 5.45. The number of carbonyl (C=O) groups is 2. The number of benzene rings is 3. The Balaban J connectivity index is 1.48. The van der Waals surface area contributed by atoms with Crippen LogP contribution in [0.4, 0.5) is 5.69 Å². The Kier molecular flexibility index (Phi) is 8.57. The van der Waals surface area contributed by atoms with E-state index in [9.17, 15) is 9.59 Å². The molecule has 3 aromatic rings. The second kappa shape index (κ2) is 12.0. The molecule has 8 heteroatoms. The molecule has 2 amide bonds. The van der Waals surface area contributed by atoms with E-state index in [1.54, 1.807) is 29.2 Å². The fourth-order valence-electron chi connectivity index (χ4n) is 4.15. The third-order valence-corrected chi connectivity index (χ3v) is 6.68. The average Bonchev–Trinajstić information content (AvgIpc) is 3.09. The molecule has 1 fully saturated rings. The first-order valence-electron chi connectivity index (χ1n) is 11.9. The number of hydrogen-bond donors (Lipinski definition) is 1. The normalized spacial score (nSPS) is 15.3. The predicted molar refractivity (Wildman–Crippen MR) is 146 cm³/mol. The number of rotatable bonds is 10. The maximum atomic E-state index is 13.5. The zero-order chi connectivity index (χ0) is 25.5. The summed E-state index contributed by atoms with van der Waals surface area (Å²) in [5.74, 6) is 0.317. The Morgan fingerprint density at radius 2 is 1.69 bits per heavy atom. The number of nitrogens with zero attached hydrogens (tertiary/aromatic N) is 2. The smallest absolute Gasteiger partial charge is 0.252 e. The minimum atomic E-state index is -0.670. The van der Waals surface area contributed by atoms with Gasteiger partial charge in [0.15, 0.2) is 5.11 Å². The fourth-order valence-corrected chi connectivity index (χ4v) is 4.64. The Morgan fingerprint density at radius 3 is 2.36 bits per heavy atom. The minimum absolute atomic E-state index is 0.00189. The number of hydrogen-bond acceptors (Lipinski definition) is 4. The van der Waals surface area contributed by atoms with Crippen LogP contribution in [0.3, 0.4) is 0 Å². The van der Waals surface area contributed by atoms with E-state index in [0.717, 1.165) is 16.9 Å². The van der Waals surface area contributed by atoms with Crippen molar-refractivity contribution in [1.29, 1.82) is 0 Å². The molecule has 1 atom stereocenters. The van der Waals surface area contributed by atoms with Crippen molar-refractivity contribution >= 4 is 46.4 Å². The van der Waals surface area contributed by atoms with Crippen LogP contribution in [-0.2, 0) is 22.6 Å². The van der Waals surface area contributed by atoms with Gasteiger partial charge in [0, 0.05) is 17.3 Å². The topological polar surface area (TPSA) is 61.9 Å². The van der Waals surface area contributed by atoms with Gasteiger partial charge < -0.3 is 15.0 Å². The Hall–Kier alpha value is -3.42. The molecule has 1 heterocycles. The second-order valence-electron chi connectivity index (χ2n) is 8.49. The van der Waals surface area contributed by atoms with Crippen molar-refractivity contribution in [2.24, 2.45) is 0 Å². The molecule has 1 aliphatic rings. The van der Waals surface area contributed by atoms with Crippen LogP contribution in [0.2, 0.25) is 5.02 Å². The SMILES string of the molecule is CCOc1ccc(NC(=O)CC2C(=O)N(Cc3ccccc3)C(=S)N2CCc2ccc(Cl)cc2)cc1. The van der Waals surface area contributed by atoms with Crippen LogP contribution in [0.1, 0.15) is 24.5 Å². The van der Waals surface area contributed by atoms with Gasteiger partial charge in [-0.25, -0.2) is 0 Å². The van der Waals surface area contributed by atoms with Gasteiger partial charge in [0.1, 0.15) is 11.8 Å². The van der Waals surface area contributed by atoms with Crippen molar-refractivity contribution in [3.8, 4) is 5.75 Å². The highest BCUT2D eigenvalue weighted by atomic mass is 35.5. The van der Waals surface area contributed by atoms with Gasteiger partial charge in [0.25, 0.3) is 5.91 Å². The van der Waals surface area contributed by atoms with E-state index in [2.05, 4.69) is 5.32 Å². The summed E-state index contributed by atoms with van der Waals surface area (Å²) in [6.45, 7) is 3.37. The van der Waals surface area contributed by atoms with E-state index < -0.39 is 6.04 Å². The van der Waals surface area contributed by atoms with E-state index in [0.29, 0.717) is 41.9 Å². The number of thiocarbonyl (C=S) groups is 1. The standard InChI is InChI=1S/C28H28ClN3O3S/c1-2-35-24-14-12-23(13-15-24)30-26(33)18-25-27(34)32(19-21-6-4-3-5-7-21)28(36)31(25)17-16-20-8-10-22(29)11-9-20/h3-15,25H,2,16-19H2,1H3,(H,30,33). The van der Waals surface area contributed by atoms with Crippen molar-refractivity contribution in [2.75, 3.05) is 18.5 Å². The van der Waals surface area contributed by atoms with Crippen molar-refractivity contribution in [3.63, 3.8) is 0 Å². The lowest BCUT2D eigenvalue weighted by atomic mass is 10.1. The molecule has 36 heavy (non-hydrogen) atoms. The Morgan fingerprint density at radius 1 is 1.00 bits per heavy atom. The highest BCUT2D eigenvalue weighted by Crippen LogP contribution is 2.25. The molecule has 0 aliphatic carbocycles. The fraction of sp³-hybridized carbons (Fsp3) is 0.250. The lowest BCUT2D eigenvalue weighted by Crippen LogP contribution is -2.39. The van der Waals surface area contributed by atoms with Crippen LogP contribution in [0.15, 0.2) is 78.9 Å². The first-order chi connectivity index (χ1) is 17.4. The monoisotopic (exact) mass is 521 g/mol. The highest BCUT2D eigenvalue weighted by Gasteiger charge is 2.43. The van der Waals surface area contributed by atoms with Gasteiger partial charge in [-0.1, -0.05) is 54.1 Å². The first-order valence-corrected chi connectivity index (χ1v) is 12.7. The molecule has 1 saturated heterocycles. The van der Waals surface area contributed by atoms with Gasteiger partial charge in [-0.05, 0) is 73.1 Å². The highest BCUT2D eigenvalue weighted by molar-refractivity contribution is 7.80. The largest absolute Gasteiger partial charge is 0.494 e. The molecule has 1 N–H and O–H groups in total. The number of ether oxygens (including phenoxy) is 1. The summed E-state index contributed by atoms with van der Waals surface area (Å²) in [5, 5.41) is 4.00. The second-order valence-corrected chi connectivity index (χ2v) is 9.29. The number of anilines is 1. The molecular weight excluding hydrogens is 494 g/mol. The molecule has 3 aromatic carbocycles. The van der Waals surface area contributed by atoms with Gasteiger partial charge in [0.2, 0.25) is 5.91 Å². The van der Waals surface area contributed by atoms with Gasteiger partial charge in [-0.15, -0.1) is 0 Å². The van der Waals surface area contributed by atoms with E-state index in [4.69, 9.17) is 28.6 Å². The van der Waals surface area contributed by atoms with E-state index >= 15 is 0 Å². The molecule has 1 aliphatic heterocycles. The molecule has 0 radical (unpaired) electrons. The molecule has 1 unspecified atom stereocenters. The molecule has 4 rings (SSSR count). The quantitative estimate of drug-likeness (QED) is 0.366. The van der Waals surface area contributed by atoms with Crippen LogP contribution in [-0.4, -0.2) is 45.9 Å². The molecule has 0 aromatic heterocycles. The maximum absolute atomic E-state index is 13.5. The summed E-state index contributed by atoms with van der Waals surface area (Å²) in [6, 6.07) is 23.8. The average molecular weight is 522 g/mol. The number of amides is 2. The summed E-state index contributed by atoms with van der Waals surface area (Å²) in [4.78, 5) is 29.9. The summed E-state index contributed by atoms with van der Waals surface area (Å²) >= 11 is 11.8. The summed E-state index contributed by atoms with van der Waals surface area (Å²) in [7, 11) is 0.